The molecule has 0 amide bonds. The Balaban J connectivity index is 2.05. The van der Waals surface area contributed by atoms with Gasteiger partial charge in [-0.3, -0.25) is 9.97 Å². The second-order valence-corrected chi connectivity index (χ2v) is 4.19. The van der Waals surface area contributed by atoms with Gasteiger partial charge in [0, 0.05) is 6.20 Å². The van der Waals surface area contributed by atoms with E-state index < -0.39 is 5.97 Å². The minimum absolute atomic E-state index is 0.0371. The summed E-state index contributed by atoms with van der Waals surface area (Å²) in [6, 6.07) is 0. The highest BCUT2D eigenvalue weighted by Crippen LogP contribution is 2.20. The molecule has 0 aliphatic carbocycles. The maximum atomic E-state index is 10.8. The van der Waals surface area contributed by atoms with Crippen molar-refractivity contribution in [1.29, 1.82) is 0 Å². The molecule has 88 valence electrons. The first-order chi connectivity index (χ1) is 8.16. The number of rotatable bonds is 4. The Morgan fingerprint density at radius 3 is 2.88 bits per heavy atom. The van der Waals surface area contributed by atoms with Crippen molar-refractivity contribution in [3.63, 3.8) is 0 Å². The summed E-state index contributed by atoms with van der Waals surface area (Å²) < 4.78 is 0. The summed E-state index contributed by atoms with van der Waals surface area (Å²) in [4.78, 5) is 22.8. The molecule has 6 nitrogen and oxygen atoms in total. The van der Waals surface area contributed by atoms with Gasteiger partial charge >= 0.3 is 5.97 Å². The number of carboxylic acids is 1. The van der Waals surface area contributed by atoms with Crippen molar-refractivity contribution >= 4 is 22.3 Å². The molecular formula is C10H10N4O2S. The first-order valence-corrected chi connectivity index (χ1v) is 5.73. The number of anilines is 1. The molecule has 0 bridgehead atoms. The molecule has 0 atom stereocenters. The van der Waals surface area contributed by atoms with Crippen molar-refractivity contribution in [3.8, 4) is 0 Å². The van der Waals surface area contributed by atoms with E-state index in [2.05, 4.69) is 20.3 Å². The van der Waals surface area contributed by atoms with Crippen molar-refractivity contribution in [1.82, 2.24) is 15.0 Å². The third-order valence-electron chi connectivity index (χ3n) is 2.03. The van der Waals surface area contributed by atoms with E-state index in [0.717, 1.165) is 11.4 Å². The highest BCUT2D eigenvalue weighted by Gasteiger charge is 2.12. The van der Waals surface area contributed by atoms with E-state index in [1.807, 2.05) is 6.92 Å². The number of hydrogen-bond acceptors (Lipinski definition) is 6. The molecule has 2 aromatic heterocycles. The lowest BCUT2D eigenvalue weighted by Crippen LogP contribution is -2.06. The smallest absolute Gasteiger partial charge is 0.357 e. The molecule has 0 saturated heterocycles. The van der Waals surface area contributed by atoms with Crippen LogP contribution in [0, 0.1) is 6.92 Å². The summed E-state index contributed by atoms with van der Waals surface area (Å²) in [5.74, 6) is -1.04. The van der Waals surface area contributed by atoms with Crippen LogP contribution in [0.4, 0.5) is 5.00 Å². The highest BCUT2D eigenvalue weighted by molar-refractivity contribution is 7.14. The van der Waals surface area contributed by atoms with Gasteiger partial charge < -0.3 is 10.4 Å². The number of aryl methyl sites for hydroxylation is 1. The Hall–Kier alpha value is -2.02. The van der Waals surface area contributed by atoms with E-state index in [1.165, 1.54) is 16.8 Å². The largest absolute Gasteiger partial charge is 0.476 e. The van der Waals surface area contributed by atoms with E-state index >= 15 is 0 Å². The number of nitrogens with zero attached hydrogens (tertiary/aromatic N) is 3. The van der Waals surface area contributed by atoms with Crippen LogP contribution in [0.25, 0.3) is 0 Å². The van der Waals surface area contributed by atoms with Crippen LogP contribution in [0.1, 0.15) is 21.9 Å². The summed E-state index contributed by atoms with van der Waals surface area (Å²) in [6.45, 7) is 2.28. The van der Waals surface area contributed by atoms with Crippen LogP contribution in [-0.4, -0.2) is 26.0 Å². The number of carbonyl (C=O) groups is 1. The molecule has 2 aromatic rings. The van der Waals surface area contributed by atoms with Gasteiger partial charge in [-0.1, -0.05) is 0 Å². The lowest BCUT2D eigenvalue weighted by Gasteiger charge is -2.03. The van der Waals surface area contributed by atoms with Crippen molar-refractivity contribution < 1.29 is 9.90 Å². The van der Waals surface area contributed by atoms with Crippen LogP contribution in [0.3, 0.4) is 0 Å². The Morgan fingerprint density at radius 1 is 1.41 bits per heavy atom. The standard InChI is InChI=1S/C10H10N4O2S/c1-6-2-12-7(3-11-6)4-13-9-8(10(15)16)14-5-17-9/h2-3,5,13H,4H2,1H3,(H,15,16). The Morgan fingerprint density at radius 2 is 2.24 bits per heavy atom. The maximum Gasteiger partial charge on any atom is 0.357 e. The van der Waals surface area contributed by atoms with Gasteiger partial charge in [-0.15, -0.1) is 11.3 Å². The zero-order valence-corrected chi connectivity index (χ0v) is 9.86. The normalized spacial score (nSPS) is 10.2. The number of nitrogens with one attached hydrogen (secondary N) is 1. The van der Waals surface area contributed by atoms with Crippen LogP contribution < -0.4 is 5.32 Å². The highest BCUT2D eigenvalue weighted by atomic mass is 32.1. The molecule has 0 fully saturated rings. The quantitative estimate of drug-likeness (QED) is 0.856. The van der Waals surface area contributed by atoms with Gasteiger partial charge in [0.2, 0.25) is 0 Å². The van der Waals surface area contributed by atoms with Crippen LogP contribution in [0.15, 0.2) is 17.9 Å². The molecular weight excluding hydrogens is 240 g/mol. The zero-order valence-electron chi connectivity index (χ0n) is 9.04. The molecule has 0 aromatic carbocycles. The van der Waals surface area contributed by atoms with E-state index in [4.69, 9.17) is 5.11 Å². The minimum atomic E-state index is -1.04. The molecule has 2 rings (SSSR count). The number of thiazole rings is 1. The number of carboxylic acid groups (broad SMARTS) is 1. The molecule has 0 aliphatic heterocycles. The Bertz CT molecular complexity index is 523. The third kappa shape index (κ3) is 2.76. The third-order valence-corrected chi connectivity index (χ3v) is 2.82. The fourth-order valence-electron chi connectivity index (χ4n) is 1.21. The predicted octanol–water partition coefficient (Wildman–Crippen LogP) is 1.55. The first kappa shape index (κ1) is 11.5. The summed E-state index contributed by atoms with van der Waals surface area (Å²) >= 11 is 1.25. The molecule has 17 heavy (non-hydrogen) atoms. The van der Waals surface area contributed by atoms with Gasteiger partial charge in [-0.25, -0.2) is 9.78 Å². The van der Waals surface area contributed by atoms with Crippen molar-refractivity contribution in [2.75, 3.05) is 5.32 Å². The first-order valence-electron chi connectivity index (χ1n) is 4.85. The second kappa shape index (κ2) is 4.88. The van der Waals surface area contributed by atoms with Crippen molar-refractivity contribution in [3.05, 3.63) is 35.0 Å². The average molecular weight is 250 g/mol. The average Bonchev–Trinajstić information content (AvgIpc) is 2.76. The number of aromatic nitrogens is 3. The second-order valence-electron chi connectivity index (χ2n) is 3.34. The van der Waals surface area contributed by atoms with E-state index in [1.54, 1.807) is 12.4 Å². The molecule has 0 unspecified atom stereocenters. The molecule has 0 spiro atoms. The fourth-order valence-corrected chi connectivity index (χ4v) is 1.88. The number of hydrogen-bond donors (Lipinski definition) is 2. The van der Waals surface area contributed by atoms with E-state index in [-0.39, 0.29) is 5.69 Å². The lowest BCUT2D eigenvalue weighted by molar-refractivity contribution is 0.0692. The zero-order chi connectivity index (χ0) is 12.3. The fraction of sp³-hybridized carbons (Fsp3) is 0.200. The van der Waals surface area contributed by atoms with Gasteiger partial charge in [-0.05, 0) is 6.92 Å². The minimum Gasteiger partial charge on any atom is -0.476 e. The van der Waals surface area contributed by atoms with Gasteiger partial charge in [0.15, 0.2) is 5.69 Å². The summed E-state index contributed by atoms with van der Waals surface area (Å²) in [5, 5.41) is 12.4. The Labute approximate surface area is 101 Å². The molecule has 0 saturated carbocycles. The SMILES string of the molecule is Cc1cnc(CNc2scnc2C(=O)O)cn1. The van der Waals surface area contributed by atoms with Crippen molar-refractivity contribution in [2.24, 2.45) is 0 Å². The summed E-state index contributed by atoms with van der Waals surface area (Å²) in [5.41, 5.74) is 3.13. The van der Waals surface area contributed by atoms with Gasteiger partial charge in [0.25, 0.3) is 0 Å². The van der Waals surface area contributed by atoms with E-state index in [9.17, 15) is 4.79 Å². The summed E-state index contributed by atoms with van der Waals surface area (Å²) in [7, 11) is 0. The van der Waals surface area contributed by atoms with Crippen LogP contribution in [0.2, 0.25) is 0 Å². The van der Waals surface area contributed by atoms with Gasteiger partial charge in [-0.2, -0.15) is 0 Å². The van der Waals surface area contributed by atoms with E-state index in [0.29, 0.717) is 11.5 Å². The van der Waals surface area contributed by atoms with Crippen LogP contribution in [-0.2, 0) is 6.54 Å². The van der Waals surface area contributed by atoms with Crippen LogP contribution in [0.5, 0.6) is 0 Å². The lowest BCUT2D eigenvalue weighted by atomic mass is 10.4. The molecule has 2 N–H and O–H groups in total. The molecule has 0 aliphatic rings. The molecule has 7 heteroatoms. The maximum absolute atomic E-state index is 10.8. The van der Waals surface area contributed by atoms with Crippen LogP contribution >= 0.6 is 11.3 Å². The number of aromatic carboxylic acids is 1. The van der Waals surface area contributed by atoms with Gasteiger partial charge in [0.05, 0.1) is 29.6 Å². The molecule has 0 radical (unpaired) electrons. The van der Waals surface area contributed by atoms with Crippen molar-refractivity contribution in [2.45, 2.75) is 13.5 Å². The molecule has 2 heterocycles. The topological polar surface area (TPSA) is 88.0 Å². The monoisotopic (exact) mass is 250 g/mol. The Kier molecular flexibility index (Phi) is 3.29. The van der Waals surface area contributed by atoms with Gasteiger partial charge in [0.1, 0.15) is 5.00 Å². The summed E-state index contributed by atoms with van der Waals surface area (Å²) in [6.07, 6.45) is 3.33. The predicted molar refractivity (Wildman–Crippen MR) is 63.2 cm³/mol.